The van der Waals surface area contributed by atoms with Crippen molar-refractivity contribution in [1.29, 1.82) is 0 Å². The number of anilines is 2. The molecule has 4 rings (SSSR count). The maximum atomic E-state index is 13.2. The van der Waals surface area contributed by atoms with Crippen LogP contribution in [0.25, 0.3) is 6.08 Å². The molecular formula is C32H26ClN3O4S. The summed E-state index contributed by atoms with van der Waals surface area (Å²) >= 11 is 7.44. The minimum absolute atomic E-state index is 0.0386. The lowest BCUT2D eigenvalue weighted by Gasteiger charge is -2.12. The molecule has 0 aromatic heterocycles. The van der Waals surface area contributed by atoms with Crippen molar-refractivity contribution in [3.05, 3.63) is 131 Å². The van der Waals surface area contributed by atoms with E-state index in [-0.39, 0.29) is 23.1 Å². The highest BCUT2D eigenvalue weighted by Crippen LogP contribution is 2.22. The summed E-state index contributed by atoms with van der Waals surface area (Å²) in [4.78, 5) is 50.6. The SMILES string of the molecule is CC(=O)c1ccc(NC(=O)CSc2ccc(NC(=O)/C(=C/c3cccc(Cl)c3)NC(=O)c3ccccc3)cc2)cc1. The van der Waals surface area contributed by atoms with Gasteiger partial charge < -0.3 is 16.0 Å². The second kappa shape index (κ2) is 14.1. The van der Waals surface area contributed by atoms with E-state index in [0.717, 1.165) is 4.90 Å². The molecule has 41 heavy (non-hydrogen) atoms. The predicted molar refractivity (Wildman–Crippen MR) is 164 cm³/mol. The van der Waals surface area contributed by atoms with Crippen molar-refractivity contribution >= 4 is 64.3 Å². The van der Waals surface area contributed by atoms with Crippen molar-refractivity contribution in [2.24, 2.45) is 0 Å². The summed E-state index contributed by atoms with van der Waals surface area (Å²) < 4.78 is 0. The van der Waals surface area contributed by atoms with E-state index < -0.39 is 11.8 Å². The summed E-state index contributed by atoms with van der Waals surface area (Å²) in [6, 6.07) is 29.3. The molecule has 0 saturated heterocycles. The van der Waals surface area contributed by atoms with Gasteiger partial charge in [-0.3, -0.25) is 19.2 Å². The molecule has 0 atom stereocenters. The van der Waals surface area contributed by atoms with E-state index in [4.69, 9.17) is 11.6 Å². The first kappa shape index (κ1) is 29.3. The summed E-state index contributed by atoms with van der Waals surface area (Å²) in [5.41, 5.74) is 2.81. The van der Waals surface area contributed by atoms with Gasteiger partial charge in [-0.2, -0.15) is 0 Å². The Morgan fingerprint density at radius 1 is 0.756 bits per heavy atom. The molecule has 0 aliphatic rings. The van der Waals surface area contributed by atoms with Crippen molar-refractivity contribution in [2.75, 3.05) is 16.4 Å². The van der Waals surface area contributed by atoms with Crippen LogP contribution < -0.4 is 16.0 Å². The van der Waals surface area contributed by atoms with Crippen LogP contribution in [0.15, 0.2) is 114 Å². The molecule has 4 aromatic rings. The monoisotopic (exact) mass is 583 g/mol. The van der Waals surface area contributed by atoms with Gasteiger partial charge >= 0.3 is 0 Å². The van der Waals surface area contributed by atoms with Gasteiger partial charge in [0.25, 0.3) is 11.8 Å². The number of carbonyl (C=O) groups excluding carboxylic acids is 4. The fraction of sp³-hybridized carbons (Fsp3) is 0.0625. The lowest BCUT2D eigenvalue weighted by atomic mass is 10.1. The number of carbonyl (C=O) groups is 4. The first-order valence-electron chi connectivity index (χ1n) is 12.6. The molecule has 7 nitrogen and oxygen atoms in total. The number of amides is 3. The Morgan fingerprint density at radius 3 is 2.07 bits per heavy atom. The molecule has 3 amide bonds. The molecule has 0 saturated carbocycles. The smallest absolute Gasteiger partial charge is 0.272 e. The van der Waals surface area contributed by atoms with Gasteiger partial charge in [-0.15, -0.1) is 11.8 Å². The zero-order valence-corrected chi connectivity index (χ0v) is 23.6. The van der Waals surface area contributed by atoms with E-state index in [2.05, 4.69) is 16.0 Å². The highest BCUT2D eigenvalue weighted by atomic mass is 35.5. The Labute approximate surface area is 247 Å². The van der Waals surface area contributed by atoms with Crippen molar-refractivity contribution in [2.45, 2.75) is 11.8 Å². The fourth-order valence-electron chi connectivity index (χ4n) is 3.67. The fourth-order valence-corrected chi connectivity index (χ4v) is 4.57. The lowest BCUT2D eigenvalue weighted by Crippen LogP contribution is -2.30. The van der Waals surface area contributed by atoms with Crippen LogP contribution in [0.5, 0.6) is 0 Å². The molecule has 4 aromatic carbocycles. The van der Waals surface area contributed by atoms with E-state index in [1.54, 1.807) is 109 Å². The molecule has 0 radical (unpaired) electrons. The summed E-state index contributed by atoms with van der Waals surface area (Å²) in [5, 5.41) is 8.80. The highest BCUT2D eigenvalue weighted by Gasteiger charge is 2.15. The van der Waals surface area contributed by atoms with Crippen molar-refractivity contribution in [3.8, 4) is 0 Å². The quantitative estimate of drug-likeness (QED) is 0.110. The molecular weight excluding hydrogens is 558 g/mol. The normalized spacial score (nSPS) is 10.9. The van der Waals surface area contributed by atoms with Crippen LogP contribution in [0, 0.1) is 0 Å². The van der Waals surface area contributed by atoms with Crippen LogP contribution in [-0.4, -0.2) is 29.3 Å². The van der Waals surface area contributed by atoms with E-state index in [1.165, 1.54) is 18.7 Å². The number of thioether (sulfide) groups is 1. The van der Waals surface area contributed by atoms with E-state index in [9.17, 15) is 19.2 Å². The molecule has 0 heterocycles. The van der Waals surface area contributed by atoms with Crippen LogP contribution in [0.1, 0.15) is 33.2 Å². The molecule has 9 heteroatoms. The van der Waals surface area contributed by atoms with Crippen molar-refractivity contribution < 1.29 is 19.2 Å². The Hall–Kier alpha value is -4.66. The standard InChI is InChI=1S/C32H26ClN3O4S/c1-21(37)23-10-12-26(13-11-23)34-30(38)20-41-28-16-14-27(15-17-28)35-32(40)29(19-22-6-5-9-25(33)18-22)36-31(39)24-7-3-2-4-8-24/h2-19H,20H2,1H3,(H,34,38)(H,35,40)(H,36,39)/b29-19-. The summed E-state index contributed by atoms with van der Waals surface area (Å²) in [6.07, 6.45) is 1.55. The number of nitrogens with one attached hydrogen (secondary N) is 3. The first-order valence-corrected chi connectivity index (χ1v) is 13.9. The number of benzene rings is 4. The lowest BCUT2D eigenvalue weighted by molar-refractivity contribution is -0.114. The van der Waals surface area contributed by atoms with Crippen LogP contribution in [0.4, 0.5) is 11.4 Å². The molecule has 0 aliphatic carbocycles. The second-order valence-corrected chi connectivity index (χ2v) is 10.4. The zero-order chi connectivity index (χ0) is 29.2. The van der Waals surface area contributed by atoms with Crippen LogP contribution in [0.2, 0.25) is 5.02 Å². The van der Waals surface area contributed by atoms with E-state index in [0.29, 0.717) is 33.1 Å². The third-order valence-corrected chi connectivity index (χ3v) is 6.99. The number of ketones is 1. The maximum absolute atomic E-state index is 13.2. The molecule has 206 valence electrons. The molecule has 0 spiro atoms. The summed E-state index contributed by atoms with van der Waals surface area (Å²) in [7, 11) is 0. The number of Topliss-reactive ketones (excluding diaryl/α,β-unsaturated/α-hetero) is 1. The molecule has 0 bridgehead atoms. The summed E-state index contributed by atoms with van der Waals surface area (Å²) in [5.74, 6) is -0.979. The first-order chi connectivity index (χ1) is 19.8. The third kappa shape index (κ3) is 8.93. The maximum Gasteiger partial charge on any atom is 0.272 e. The van der Waals surface area contributed by atoms with Gasteiger partial charge in [-0.05, 0) is 91.4 Å². The minimum atomic E-state index is -0.509. The summed E-state index contributed by atoms with van der Waals surface area (Å²) in [6.45, 7) is 1.49. The van der Waals surface area contributed by atoms with Gasteiger partial charge in [-0.25, -0.2) is 0 Å². The van der Waals surface area contributed by atoms with Crippen molar-refractivity contribution in [3.63, 3.8) is 0 Å². The number of rotatable bonds is 10. The minimum Gasteiger partial charge on any atom is -0.325 e. The van der Waals surface area contributed by atoms with Crippen molar-refractivity contribution in [1.82, 2.24) is 5.32 Å². The third-order valence-electron chi connectivity index (χ3n) is 5.75. The van der Waals surface area contributed by atoms with Crippen LogP contribution >= 0.6 is 23.4 Å². The second-order valence-electron chi connectivity index (χ2n) is 8.88. The molecule has 0 unspecified atom stereocenters. The van der Waals surface area contributed by atoms with Gasteiger partial charge in [-0.1, -0.05) is 41.9 Å². The Kier molecular flexibility index (Phi) is 10.1. The van der Waals surface area contributed by atoms with Crippen LogP contribution in [0.3, 0.4) is 0 Å². The largest absolute Gasteiger partial charge is 0.325 e. The molecule has 0 fully saturated rings. The number of halogens is 1. The number of hydrogen-bond donors (Lipinski definition) is 3. The van der Waals surface area contributed by atoms with E-state index in [1.807, 2.05) is 0 Å². The number of hydrogen-bond acceptors (Lipinski definition) is 5. The predicted octanol–water partition coefficient (Wildman–Crippen LogP) is 6.68. The van der Waals surface area contributed by atoms with Gasteiger partial charge in [0.1, 0.15) is 5.70 Å². The van der Waals surface area contributed by atoms with Gasteiger partial charge in [0.15, 0.2) is 5.78 Å². The Morgan fingerprint density at radius 2 is 1.41 bits per heavy atom. The Balaban J connectivity index is 1.38. The molecule has 0 aliphatic heterocycles. The Bertz CT molecular complexity index is 1590. The van der Waals surface area contributed by atoms with Crippen LogP contribution in [-0.2, 0) is 9.59 Å². The van der Waals surface area contributed by atoms with E-state index >= 15 is 0 Å². The molecule has 3 N–H and O–H groups in total. The zero-order valence-electron chi connectivity index (χ0n) is 22.0. The average molecular weight is 584 g/mol. The topological polar surface area (TPSA) is 104 Å². The van der Waals surface area contributed by atoms with Gasteiger partial charge in [0, 0.05) is 32.4 Å². The van der Waals surface area contributed by atoms with Gasteiger partial charge in [0.2, 0.25) is 5.91 Å². The highest BCUT2D eigenvalue weighted by molar-refractivity contribution is 8.00. The van der Waals surface area contributed by atoms with Gasteiger partial charge in [0.05, 0.1) is 5.75 Å². The average Bonchev–Trinajstić information content (AvgIpc) is 2.97.